The van der Waals surface area contributed by atoms with Crippen LogP contribution in [0.5, 0.6) is 5.75 Å². The third kappa shape index (κ3) is 5.16. The summed E-state index contributed by atoms with van der Waals surface area (Å²) in [4.78, 5) is 2.93. The van der Waals surface area contributed by atoms with Gasteiger partial charge < -0.3 is 4.74 Å². The molecular formula is C30H36N2O3S. The van der Waals surface area contributed by atoms with E-state index in [1.165, 1.54) is 31.2 Å². The van der Waals surface area contributed by atoms with E-state index in [-0.39, 0.29) is 6.04 Å². The topological polar surface area (TPSA) is 49.9 Å². The van der Waals surface area contributed by atoms with Crippen molar-refractivity contribution in [1.29, 1.82) is 0 Å². The van der Waals surface area contributed by atoms with Crippen molar-refractivity contribution in [3.8, 4) is 5.75 Å². The molecule has 6 heteroatoms. The van der Waals surface area contributed by atoms with Gasteiger partial charge in [0.2, 0.25) is 0 Å². The molecule has 190 valence electrons. The minimum atomic E-state index is -3.72. The summed E-state index contributed by atoms with van der Waals surface area (Å²) in [5.41, 5.74) is 2.17. The molecule has 0 aromatic heterocycles. The van der Waals surface area contributed by atoms with Gasteiger partial charge in [-0.2, -0.15) is 0 Å². The summed E-state index contributed by atoms with van der Waals surface area (Å²) in [6.45, 7) is 1.83. The van der Waals surface area contributed by atoms with Gasteiger partial charge in [-0.25, -0.2) is 8.42 Å². The minimum Gasteiger partial charge on any atom is -0.497 e. The van der Waals surface area contributed by atoms with Gasteiger partial charge in [-0.3, -0.25) is 9.21 Å². The second-order valence-electron chi connectivity index (χ2n) is 9.95. The van der Waals surface area contributed by atoms with Crippen LogP contribution in [0.25, 0.3) is 0 Å². The van der Waals surface area contributed by atoms with Gasteiger partial charge in [0, 0.05) is 25.2 Å². The molecule has 1 aliphatic heterocycles. The van der Waals surface area contributed by atoms with E-state index in [4.69, 9.17) is 4.74 Å². The van der Waals surface area contributed by atoms with Gasteiger partial charge in [0.05, 0.1) is 17.7 Å². The maximum Gasteiger partial charge on any atom is 0.264 e. The van der Waals surface area contributed by atoms with Crippen LogP contribution in [0.4, 0.5) is 5.69 Å². The number of piperidine rings is 1. The number of ether oxygens (including phenoxy) is 1. The Morgan fingerprint density at radius 1 is 0.778 bits per heavy atom. The highest BCUT2D eigenvalue weighted by molar-refractivity contribution is 7.92. The van der Waals surface area contributed by atoms with E-state index in [2.05, 4.69) is 35.2 Å². The van der Waals surface area contributed by atoms with Crippen LogP contribution in [-0.2, 0) is 10.0 Å². The van der Waals surface area contributed by atoms with Gasteiger partial charge >= 0.3 is 0 Å². The van der Waals surface area contributed by atoms with Crippen molar-refractivity contribution in [3.05, 3.63) is 90.5 Å². The molecule has 0 bridgehead atoms. The van der Waals surface area contributed by atoms with Crippen molar-refractivity contribution >= 4 is 15.7 Å². The van der Waals surface area contributed by atoms with Crippen molar-refractivity contribution in [2.75, 3.05) is 24.5 Å². The number of anilines is 1. The zero-order valence-electron chi connectivity index (χ0n) is 21.0. The van der Waals surface area contributed by atoms with Gasteiger partial charge in [0.1, 0.15) is 5.75 Å². The Labute approximate surface area is 215 Å². The lowest BCUT2D eigenvalue weighted by molar-refractivity contribution is 0.107. The van der Waals surface area contributed by atoms with Gasteiger partial charge in [-0.15, -0.1) is 0 Å². The number of para-hydroxylation sites is 1. The smallest absolute Gasteiger partial charge is 0.264 e. The molecule has 0 spiro atoms. The molecule has 0 amide bonds. The maximum atomic E-state index is 13.9. The number of methoxy groups -OCH3 is 1. The zero-order chi connectivity index (χ0) is 25.0. The highest BCUT2D eigenvalue weighted by Crippen LogP contribution is 2.38. The number of sulfonamides is 1. The molecule has 3 aromatic carbocycles. The predicted molar refractivity (Wildman–Crippen MR) is 145 cm³/mol. The normalized spacial score (nSPS) is 21.7. The van der Waals surface area contributed by atoms with E-state index in [1.807, 2.05) is 30.3 Å². The molecule has 1 heterocycles. The summed E-state index contributed by atoms with van der Waals surface area (Å²) < 4.78 is 34.8. The van der Waals surface area contributed by atoms with Gasteiger partial charge in [-0.1, -0.05) is 61.4 Å². The number of rotatable bonds is 7. The van der Waals surface area contributed by atoms with Crippen LogP contribution in [0.3, 0.4) is 0 Å². The van der Waals surface area contributed by atoms with Crippen molar-refractivity contribution in [2.24, 2.45) is 0 Å². The average molecular weight is 505 g/mol. The molecule has 0 radical (unpaired) electrons. The quantitative estimate of drug-likeness (QED) is 0.391. The van der Waals surface area contributed by atoms with Crippen LogP contribution in [-0.4, -0.2) is 45.6 Å². The van der Waals surface area contributed by atoms with Crippen molar-refractivity contribution in [2.45, 2.75) is 61.4 Å². The Hall–Kier alpha value is -2.83. The summed E-state index contributed by atoms with van der Waals surface area (Å²) in [5.74, 6) is 1.21. The van der Waals surface area contributed by atoms with Crippen LogP contribution in [0.2, 0.25) is 0 Å². The van der Waals surface area contributed by atoms with Crippen molar-refractivity contribution in [3.63, 3.8) is 0 Å². The average Bonchev–Trinajstić information content (AvgIpc) is 2.94. The van der Waals surface area contributed by atoms with Crippen molar-refractivity contribution < 1.29 is 13.2 Å². The van der Waals surface area contributed by atoms with E-state index < -0.39 is 10.0 Å². The number of likely N-dealkylation sites (tertiary alicyclic amines) is 1. The Kier molecular flexibility index (Phi) is 7.63. The first-order chi connectivity index (χ1) is 17.6. The molecule has 1 saturated carbocycles. The molecule has 5 nitrogen and oxygen atoms in total. The first kappa shape index (κ1) is 24.8. The fraction of sp³-hybridized carbons (Fsp3) is 0.400. The van der Waals surface area contributed by atoms with Crippen LogP contribution in [0, 0.1) is 0 Å². The second-order valence-corrected chi connectivity index (χ2v) is 11.8. The largest absolute Gasteiger partial charge is 0.497 e. The Bertz CT molecular complexity index is 1210. The van der Waals surface area contributed by atoms with Crippen molar-refractivity contribution in [1.82, 2.24) is 4.90 Å². The summed E-state index contributed by atoms with van der Waals surface area (Å²) in [6, 6.07) is 27.7. The third-order valence-electron chi connectivity index (χ3n) is 7.88. The Morgan fingerprint density at radius 2 is 1.39 bits per heavy atom. The van der Waals surface area contributed by atoms with Crippen LogP contribution in [0.15, 0.2) is 89.8 Å². The highest BCUT2D eigenvalue weighted by Gasteiger charge is 2.38. The number of nitrogens with zero attached hydrogens (tertiary/aromatic N) is 2. The number of hydrogen-bond donors (Lipinski definition) is 0. The van der Waals surface area contributed by atoms with Crippen LogP contribution in [0.1, 0.15) is 50.0 Å². The van der Waals surface area contributed by atoms with Gasteiger partial charge in [-0.05, 0) is 73.6 Å². The predicted octanol–water partition coefficient (Wildman–Crippen LogP) is 6.08. The van der Waals surface area contributed by atoms with Crippen LogP contribution < -0.4 is 9.04 Å². The molecule has 5 rings (SSSR count). The van der Waals surface area contributed by atoms with E-state index in [9.17, 15) is 8.42 Å². The van der Waals surface area contributed by atoms with E-state index in [1.54, 1.807) is 35.7 Å². The monoisotopic (exact) mass is 504 g/mol. The van der Waals surface area contributed by atoms with E-state index >= 15 is 0 Å². The lowest BCUT2D eigenvalue weighted by Gasteiger charge is -2.45. The van der Waals surface area contributed by atoms with E-state index in [0.717, 1.165) is 31.6 Å². The number of hydrogen-bond acceptors (Lipinski definition) is 4. The summed E-state index contributed by atoms with van der Waals surface area (Å²) >= 11 is 0. The third-order valence-corrected chi connectivity index (χ3v) is 9.78. The maximum absolute atomic E-state index is 13.9. The lowest BCUT2D eigenvalue weighted by atomic mass is 9.78. The molecule has 1 aliphatic carbocycles. The summed E-state index contributed by atoms with van der Waals surface area (Å²) in [7, 11) is -2.13. The van der Waals surface area contributed by atoms with Crippen LogP contribution >= 0.6 is 0 Å². The SMILES string of the molecule is COc1ccc(S(=O)(=O)N(c2ccccc2)C2CCN([C@@H]3CCCC[C@@H]3c3ccccc3)CC2)cc1. The van der Waals surface area contributed by atoms with E-state index in [0.29, 0.717) is 22.6 Å². The number of benzene rings is 3. The molecule has 2 atom stereocenters. The standard InChI is InChI=1S/C30H36N2O3S/c1-35-27-16-18-28(19-17-27)36(33,34)32(25-12-6-3-7-13-25)26-20-22-31(23-21-26)30-15-9-8-14-29(30)24-10-4-2-5-11-24/h2-7,10-13,16-19,26,29-30H,8-9,14-15,20-23H2,1H3/t29-,30-/m1/s1. The fourth-order valence-corrected chi connectivity index (χ4v) is 7.78. The summed E-state index contributed by atoms with van der Waals surface area (Å²) in [6.07, 6.45) is 6.66. The fourth-order valence-electron chi connectivity index (χ4n) is 6.07. The Morgan fingerprint density at radius 3 is 2.03 bits per heavy atom. The molecule has 0 unspecified atom stereocenters. The first-order valence-electron chi connectivity index (χ1n) is 13.1. The first-order valence-corrected chi connectivity index (χ1v) is 14.5. The minimum absolute atomic E-state index is 0.0745. The molecule has 2 fully saturated rings. The zero-order valence-corrected chi connectivity index (χ0v) is 21.8. The molecule has 3 aromatic rings. The molecule has 36 heavy (non-hydrogen) atoms. The molecule has 0 N–H and O–H groups in total. The molecule has 1 saturated heterocycles. The van der Waals surface area contributed by atoms with Gasteiger partial charge in [0.15, 0.2) is 0 Å². The highest BCUT2D eigenvalue weighted by atomic mass is 32.2. The lowest BCUT2D eigenvalue weighted by Crippen LogP contribution is -2.51. The summed E-state index contributed by atoms with van der Waals surface area (Å²) in [5, 5.41) is 0. The molecule has 2 aliphatic rings. The Balaban J connectivity index is 1.37. The second kappa shape index (κ2) is 11.1. The van der Waals surface area contributed by atoms with Gasteiger partial charge in [0.25, 0.3) is 10.0 Å². The molecular weight excluding hydrogens is 468 g/mol.